The Morgan fingerprint density at radius 2 is 2.00 bits per heavy atom. The van der Waals surface area contributed by atoms with Crippen molar-refractivity contribution in [2.24, 2.45) is 17.6 Å². The van der Waals surface area contributed by atoms with Crippen LogP contribution in [-0.2, 0) is 0 Å². The Balaban J connectivity index is 2.63. The summed E-state index contributed by atoms with van der Waals surface area (Å²) in [5.74, 6) is 0.593. The van der Waals surface area contributed by atoms with E-state index in [4.69, 9.17) is 5.73 Å². The van der Waals surface area contributed by atoms with Crippen molar-refractivity contribution in [2.75, 3.05) is 0 Å². The molecule has 0 radical (unpaired) electrons. The second kappa shape index (κ2) is 4.32. The van der Waals surface area contributed by atoms with Crippen LogP contribution >= 0.6 is 0 Å². The Labute approximate surface area is 89.2 Å². The molecule has 1 saturated carbocycles. The van der Waals surface area contributed by atoms with Gasteiger partial charge < -0.3 is 5.73 Å². The average molecular weight is 223 g/mol. The SMILES string of the molecule is CC(C)CC1CCCC(N)(C(F)(F)F)C1. The fourth-order valence-corrected chi connectivity index (χ4v) is 2.55. The molecule has 1 rings (SSSR count). The van der Waals surface area contributed by atoms with E-state index in [1.54, 1.807) is 0 Å². The van der Waals surface area contributed by atoms with Gasteiger partial charge in [-0.05, 0) is 31.1 Å². The zero-order valence-electron chi connectivity index (χ0n) is 9.40. The molecular formula is C11H20F3N. The third-order valence-electron chi connectivity index (χ3n) is 3.26. The number of halogens is 3. The minimum Gasteiger partial charge on any atom is -0.318 e. The molecule has 1 aliphatic rings. The Bertz CT molecular complexity index is 212. The zero-order chi connectivity index (χ0) is 11.7. The molecule has 2 atom stereocenters. The number of rotatable bonds is 2. The van der Waals surface area contributed by atoms with Crippen molar-refractivity contribution in [3.63, 3.8) is 0 Å². The van der Waals surface area contributed by atoms with Crippen LogP contribution in [0.2, 0.25) is 0 Å². The normalized spacial score (nSPS) is 33.4. The standard InChI is InChI=1S/C11H20F3N/c1-8(2)6-9-4-3-5-10(15,7-9)11(12,13)14/h8-9H,3-7,15H2,1-2H3. The molecule has 0 spiro atoms. The molecule has 0 saturated heterocycles. The van der Waals surface area contributed by atoms with Gasteiger partial charge >= 0.3 is 6.18 Å². The van der Waals surface area contributed by atoms with Crippen molar-refractivity contribution in [1.82, 2.24) is 0 Å². The highest BCUT2D eigenvalue weighted by atomic mass is 19.4. The number of hydrogen-bond donors (Lipinski definition) is 1. The number of nitrogens with two attached hydrogens (primary N) is 1. The Morgan fingerprint density at radius 1 is 1.40 bits per heavy atom. The van der Waals surface area contributed by atoms with Crippen LogP contribution < -0.4 is 5.73 Å². The summed E-state index contributed by atoms with van der Waals surface area (Å²) in [5.41, 5.74) is 3.55. The van der Waals surface area contributed by atoms with Crippen LogP contribution in [-0.4, -0.2) is 11.7 Å². The van der Waals surface area contributed by atoms with Gasteiger partial charge in [-0.25, -0.2) is 0 Å². The van der Waals surface area contributed by atoms with E-state index >= 15 is 0 Å². The quantitative estimate of drug-likeness (QED) is 0.762. The first kappa shape index (κ1) is 12.8. The Kier molecular flexibility index (Phi) is 3.69. The van der Waals surface area contributed by atoms with E-state index in [0.717, 1.165) is 12.8 Å². The van der Waals surface area contributed by atoms with Gasteiger partial charge in [0.05, 0.1) is 0 Å². The molecule has 2 N–H and O–H groups in total. The summed E-state index contributed by atoms with van der Waals surface area (Å²) in [4.78, 5) is 0. The van der Waals surface area contributed by atoms with Gasteiger partial charge in [-0.3, -0.25) is 0 Å². The van der Waals surface area contributed by atoms with Crippen LogP contribution in [0.25, 0.3) is 0 Å². The van der Waals surface area contributed by atoms with Gasteiger partial charge in [0.1, 0.15) is 5.54 Å². The van der Waals surface area contributed by atoms with Gasteiger partial charge in [0.2, 0.25) is 0 Å². The highest BCUT2D eigenvalue weighted by Crippen LogP contribution is 2.43. The minimum atomic E-state index is -4.25. The van der Waals surface area contributed by atoms with E-state index in [0.29, 0.717) is 12.3 Å². The summed E-state index contributed by atoms with van der Waals surface area (Å²) in [5, 5.41) is 0. The molecule has 0 aromatic carbocycles. The molecule has 90 valence electrons. The van der Waals surface area contributed by atoms with E-state index < -0.39 is 11.7 Å². The minimum absolute atomic E-state index is 0.0884. The van der Waals surface area contributed by atoms with Crippen molar-refractivity contribution in [2.45, 2.75) is 57.7 Å². The fraction of sp³-hybridized carbons (Fsp3) is 1.00. The van der Waals surface area contributed by atoms with E-state index in [2.05, 4.69) is 0 Å². The lowest BCUT2D eigenvalue weighted by Gasteiger charge is -2.39. The predicted molar refractivity (Wildman–Crippen MR) is 54.4 cm³/mol. The lowest BCUT2D eigenvalue weighted by molar-refractivity contribution is -0.198. The molecule has 0 bridgehead atoms. The van der Waals surface area contributed by atoms with Crippen LogP contribution in [0.3, 0.4) is 0 Å². The molecule has 1 aliphatic carbocycles. The maximum atomic E-state index is 12.7. The summed E-state index contributed by atoms with van der Waals surface area (Å²) in [6.07, 6.45) is -1.70. The Hall–Kier alpha value is -0.250. The van der Waals surface area contributed by atoms with Crippen molar-refractivity contribution < 1.29 is 13.2 Å². The smallest absolute Gasteiger partial charge is 0.318 e. The molecule has 0 amide bonds. The van der Waals surface area contributed by atoms with Crippen LogP contribution in [0.4, 0.5) is 13.2 Å². The largest absolute Gasteiger partial charge is 0.406 e. The maximum absolute atomic E-state index is 12.7. The topological polar surface area (TPSA) is 26.0 Å². The maximum Gasteiger partial charge on any atom is 0.406 e. The fourth-order valence-electron chi connectivity index (χ4n) is 2.55. The third kappa shape index (κ3) is 3.10. The summed E-state index contributed by atoms with van der Waals surface area (Å²) < 4.78 is 38.1. The lowest BCUT2D eigenvalue weighted by Crippen LogP contribution is -2.56. The lowest BCUT2D eigenvalue weighted by atomic mass is 9.73. The van der Waals surface area contributed by atoms with Crippen LogP contribution in [0.5, 0.6) is 0 Å². The first-order valence-electron chi connectivity index (χ1n) is 5.60. The van der Waals surface area contributed by atoms with Gasteiger partial charge in [0, 0.05) is 0 Å². The molecule has 1 nitrogen and oxygen atoms in total. The van der Waals surface area contributed by atoms with Crippen molar-refractivity contribution in [3.8, 4) is 0 Å². The van der Waals surface area contributed by atoms with Gasteiger partial charge in [-0.2, -0.15) is 13.2 Å². The summed E-state index contributed by atoms with van der Waals surface area (Å²) >= 11 is 0. The van der Waals surface area contributed by atoms with Crippen molar-refractivity contribution >= 4 is 0 Å². The number of hydrogen-bond acceptors (Lipinski definition) is 1. The zero-order valence-corrected chi connectivity index (χ0v) is 9.40. The second-order valence-electron chi connectivity index (χ2n) is 5.25. The first-order chi connectivity index (χ1) is 6.74. The van der Waals surface area contributed by atoms with Crippen LogP contribution in [0.15, 0.2) is 0 Å². The molecule has 1 fully saturated rings. The molecule has 0 heterocycles. The second-order valence-corrected chi connectivity index (χ2v) is 5.25. The summed E-state index contributed by atoms with van der Waals surface area (Å²) in [6.45, 7) is 4.08. The van der Waals surface area contributed by atoms with Crippen molar-refractivity contribution in [1.29, 1.82) is 0 Å². The van der Waals surface area contributed by atoms with E-state index in [1.165, 1.54) is 0 Å². The third-order valence-corrected chi connectivity index (χ3v) is 3.26. The number of alkyl halides is 3. The molecule has 2 unspecified atom stereocenters. The van der Waals surface area contributed by atoms with Crippen LogP contribution in [0.1, 0.15) is 46.0 Å². The van der Waals surface area contributed by atoms with Gasteiger partial charge in [-0.1, -0.05) is 26.7 Å². The highest BCUT2D eigenvalue weighted by Gasteiger charge is 2.53. The molecular weight excluding hydrogens is 203 g/mol. The van der Waals surface area contributed by atoms with Gasteiger partial charge in [-0.15, -0.1) is 0 Å². The van der Waals surface area contributed by atoms with Gasteiger partial charge in [0.15, 0.2) is 0 Å². The van der Waals surface area contributed by atoms with Gasteiger partial charge in [0.25, 0.3) is 0 Å². The average Bonchev–Trinajstić information content (AvgIpc) is 2.00. The highest BCUT2D eigenvalue weighted by molar-refractivity contribution is 4.96. The molecule has 15 heavy (non-hydrogen) atoms. The summed E-state index contributed by atoms with van der Waals surface area (Å²) in [7, 11) is 0. The van der Waals surface area contributed by atoms with E-state index in [1.807, 2.05) is 13.8 Å². The van der Waals surface area contributed by atoms with E-state index in [9.17, 15) is 13.2 Å². The molecule has 0 aromatic rings. The molecule has 4 heteroatoms. The van der Waals surface area contributed by atoms with Crippen molar-refractivity contribution in [3.05, 3.63) is 0 Å². The Morgan fingerprint density at radius 3 is 2.47 bits per heavy atom. The molecule has 0 aromatic heterocycles. The monoisotopic (exact) mass is 223 g/mol. The van der Waals surface area contributed by atoms with Crippen LogP contribution in [0, 0.1) is 11.8 Å². The first-order valence-corrected chi connectivity index (χ1v) is 5.60. The molecule has 0 aliphatic heterocycles. The van der Waals surface area contributed by atoms with E-state index in [-0.39, 0.29) is 18.8 Å². The predicted octanol–water partition coefficient (Wildman–Crippen LogP) is 3.48. The summed E-state index contributed by atoms with van der Waals surface area (Å²) in [6, 6.07) is 0.